The number of urea groups is 1. The number of unbranched alkanes of at least 4 members (excludes halogenated alkanes) is 1. The van der Waals surface area contributed by atoms with Crippen LogP contribution in [0.15, 0.2) is 40.9 Å². The average Bonchev–Trinajstić information content (AvgIpc) is 3.46. The Kier molecular flexibility index (Phi) is 8.62. The molecule has 1 fully saturated rings. The molecule has 2 amide bonds. The molecule has 1 aromatic carbocycles. The van der Waals surface area contributed by atoms with Gasteiger partial charge >= 0.3 is 12.0 Å². The molecular weight excluding hydrogens is 492 g/mol. The summed E-state index contributed by atoms with van der Waals surface area (Å²) in [5.41, 5.74) is 2.49. The molecule has 0 spiro atoms. The average molecular weight is 529 g/mol. The number of thioether (sulfide) groups is 1. The predicted octanol–water partition coefficient (Wildman–Crippen LogP) is 7.02. The van der Waals surface area contributed by atoms with Crippen molar-refractivity contribution in [2.45, 2.75) is 80.7 Å². The fourth-order valence-electron chi connectivity index (χ4n) is 4.76. The first-order valence-electron chi connectivity index (χ1n) is 12.7. The molecule has 0 saturated heterocycles. The molecule has 7 nitrogen and oxygen atoms in total. The molecule has 9 heteroatoms. The fraction of sp³-hybridized carbons (Fsp3) is 0.519. The summed E-state index contributed by atoms with van der Waals surface area (Å²) in [6.07, 6.45) is 11.0. The topological polar surface area (TPSA) is 98.3 Å². The molecule has 0 unspecified atom stereocenters. The third-order valence-corrected chi connectivity index (χ3v) is 9.23. The highest BCUT2D eigenvalue weighted by molar-refractivity contribution is 8.03. The van der Waals surface area contributed by atoms with E-state index in [1.165, 1.54) is 34.0 Å². The number of H-pyrrole nitrogens is 1. The van der Waals surface area contributed by atoms with Crippen LogP contribution in [0.3, 0.4) is 0 Å². The second-order valence-electron chi connectivity index (χ2n) is 10.3. The maximum absolute atomic E-state index is 13.4. The van der Waals surface area contributed by atoms with Crippen molar-refractivity contribution < 1.29 is 14.7 Å². The van der Waals surface area contributed by atoms with Crippen LogP contribution in [-0.2, 0) is 11.2 Å². The van der Waals surface area contributed by atoms with E-state index < -0.39 is 10.7 Å². The molecule has 1 aliphatic rings. The number of nitrogens with one attached hydrogen (secondary N) is 2. The van der Waals surface area contributed by atoms with E-state index in [1.54, 1.807) is 20.0 Å². The van der Waals surface area contributed by atoms with Gasteiger partial charge in [-0.2, -0.15) is 0 Å². The number of carboxylic acid groups (broad SMARTS) is 1. The lowest BCUT2D eigenvalue weighted by Gasteiger charge is -2.36. The second-order valence-corrected chi connectivity index (χ2v) is 13.2. The maximum atomic E-state index is 13.4. The number of fused-ring (bicyclic) bond motifs is 1. The van der Waals surface area contributed by atoms with Crippen molar-refractivity contribution in [2.24, 2.45) is 5.92 Å². The van der Waals surface area contributed by atoms with Gasteiger partial charge in [-0.3, -0.25) is 10.1 Å². The summed E-state index contributed by atoms with van der Waals surface area (Å²) in [4.78, 5) is 34.5. The molecule has 3 aromatic rings. The van der Waals surface area contributed by atoms with Crippen LogP contribution >= 0.6 is 23.1 Å². The van der Waals surface area contributed by atoms with Crippen molar-refractivity contribution in [3.8, 4) is 0 Å². The minimum atomic E-state index is -0.955. The van der Waals surface area contributed by atoms with E-state index >= 15 is 0 Å². The highest BCUT2D eigenvalue weighted by Crippen LogP contribution is 2.37. The first kappa shape index (κ1) is 26.5. The number of aliphatic carboxylic acids is 1. The zero-order valence-electron chi connectivity index (χ0n) is 21.3. The Balaban J connectivity index is 1.36. The van der Waals surface area contributed by atoms with Gasteiger partial charge in [0.15, 0.2) is 5.13 Å². The number of nitrogens with zero attached hydrogens (tertiary/aromatic N) is 2. The van der Waals surface area contributed by atoms with Crippen LogP contribution in [0.5, 0.6) is 0 Å². The Morgan fingerprint density at radius 3 is 2.72 bits per heavy atom. The van der Waals surface area contributed by atoms with Crippen LogP contribution in [0.2, 0.25) is 0 Å². The lowest BCUT2D eigenvalue weighted by Crippen LogP contribution is -2.45. The van der Waals surface area contributed by atoms with Gasteiger partial charge in [-0.15, -0.1) is 0 Å². The first-order chi connectivity index (χ1) is 17.2. The Morgan fingerprint density at radius 2 is 1.97 bits per heavy atom. The normalized spacial score (nSPS) is 18.3. The third-order valence-electron chi connectivity index (χ3n) is 7.03. The number of carbonyl (C=O) groups is 2. The lowest BCUT2D eigenvalue weighted by molar-refractivity contribution is -0.138. The molecule has 194 valence electrons. The molecule has 1 saturated carbocycles. The van der Waals surface area contributed by atoms with Gasteiger partial charge in [-0.25, -0.2) is 9.78 Å². The van der Waals surface area contributed by atoms with Crippen LogP contribution in [0.4, 0.5) is 9.93 Å². The largest absolute Gasteiger partial charge is 0.480 e. The number of aromatic amines is 1. The van der Waals surface area contributed by atoms with E-state index in [4.69, 9.17) is 0 Å². The second kappa shape index (κ2) is 11.7. The molecule has 4 rings (SSSR count). The van der Waals surface area contributed by atoms with Gasteiger partial charge in [0.05, 0.1) is 10.4 Å². The molecule has 1 aliphatic carbocycles. The number of rotatable bonds is 10. The molecular formula is C27H36N4O3S2. The van der Waals surface area contributed by atoms with E-state index in [9.17, 15) is 14.7 Å². The standard InChI is InChI=1S/C27H36N4O3S2/c1-18-11-13-20(14-12-18)31(15-7-6-8-19-16-28-22-10-5-4-9-21(19)22)26(34)30-25-29-17-23(35-25)36-27(2,3)24(32)33/h4-5,9-10,16-18,20,28H,6-8,11-15H2,1-3H3,(H,32,33)(H,29,30,34)/t18-,20-. The summed E-state index contributed by atoms with van der Waals surface area (Å²) in [6.45, 7) is 6.33. The summed E-state index contributed by atoms with van der Waals surface area (Å²) in [7, 11) is 0. The number of hydrogen-bond acceptors (Lipinski definition) is 5. The van der Waals surface area contributed by atoms with Crippen LogP contribution in [0.1, 0.15) is 64.9 Å². The fourth-order valence-corrected chi connectivity index (χ4v) is 7.03. The first-order valence-corrected chi connectivity index (χ1v) is 14.4. The summed E-state index contributed by atoms with van der Waals surface area (Å²) in [5, 5.41) is 14.2. The monoisotopic (exact) mass is 528 g/mol. The molecule has 0 aliphatic heterocycles. The Hall–Kier alpha value is -2.52. The Bertz CT molecular complexity index is 1180. The van der Waals surface area contributed by atoms with E-state index in [-0.39, 0.29) is 12.1 Å². The number of carbonyl (C=O) groups excluding carboxylic acids is 1. The number of aryl methyl sites for hydroxylation is 1. The molecule has 2 aromatic heterocycles. The zero-order chi connectivity index (χ0) is 25.7. The molecule has 3 N–H and O–H groups in total. The summed E-state index contributed by atoms with van der Waals surface area (Å²) in [5.74, 6) is -0.166. The SMILES string of the molecule is CC(C)(Sc1cnc(NC(=O)N(CCCCc2c[nH]c3ccccc23)[C@H]2CC[C@H](C)CC2)s1)C(=O)O. The van der Waals surface area contributed by atoms with Crippen molar-refractivity contribution in [3.63, 3.8) is 0 Å². The van der Waals surface area contributed by atoms with Gasteiger partial charge < -0.3 is 15.0 Å². The maximum Gasteiger partial charge on any atom is 0.323 e. The van der Waals surface area contributed by atoms with Gasteiger partial charge in [0.1, 0.15) is 4.75 Å². The van der Waals surface area contributed by atoms with E-state index in [0.29, 0.717) is 17.6 Å². The van der Waals surface area contributed by atoms with Crippen molar-refractivity contribution in [2.75, 3.05) is 11.9 Å². The number of thiazole rings is 1. The summed E-state index contributed by atoms with van der Waals surface area (Å²) >= 11 is 2.57. The van der Waals surface area contributed by atoms with Gasteiger partial charge in [-0.1, -0.05) is 48.2 Å². The van der Waals surface area contributed by atoms with Gasteiger partial charge in [0.25, 0.3) is 0 Å². The Morgan fingerprint density at radius 1 is 1.22 bits per heavy atom. The van der Waals surface area contributed by atoms with E-state index in [2.05, 4.69) is 46.6 Å². The number of para-hydroxylation sites is 1. The molecule has 0 bridgehead atoms. The number of anilines is 1. The van der Waals surface area contributed by atoms with E-state index in [1.807, 2.05) is 11.0 Å². The van der Waals surface area contributed by atoms with Crippen LogP contribution in [0.25, 0.3) is 10.9 Å². The van der Waals surface area contributed by atoms with Crippen LogP contribution in [-0.4, -0.2) is 49.3 Å². The molecule has 0 atom stereocenters. The van der Waals surface area contributed by atoms with Gasteiger partial charge in [-0.05, 0) is 76.3 Å². The van der Waals surface area contributed by atoms with Crippen LogP contribution in [0, 0.1) is 5.92 Å². The van der Waals surface area contributed by atoms with Crippen molar-refractivity contribution in [1.29, 1.82) is 0 Å². The minimum absolute atomic E-state index is 0.106. The van der Waals surface area contributed by atoms with E-state index in [0.717, 1.165) is 54.7 Å². The summed E-state index contributed by atoms with van der Waals surface area (Å²) < 4.78 is -0.182. The number of hydrogen-bond donors (Lipinski definition) is 3. The number of amides is 2. The van der Waals surface area contributed by atoms with Gasteiger partial charge in [0.2, 0.25) is 0 Å². The summed E-state index contributed by atoms with van der Waals surface area (Å²) in [6, 6.07) is 8.50. The van der Waals surface area contributed by atoms with Crippen molar-refractivity contribution >= 4 is 51.1 Å². The van der Waals surface area contributed by atoms with Gasteiger partial charge in [0, 0.05) is 29.7 Å². The highest BCUT2D eigenvalue weighted by Gasteiger charge is 2.30. The smallest absolute Gasteiger partial charge is 0.323 e. The molecule has 36 heavy (non-hydrogen) atoms. The molecule has 2 heterocycles. The predicted molar refractivity (Wildman–Crippen MR) is 148 cm³/mol. The van der Waals surface area contributed by atoms with Crippen molar-refractivity contribution in [3.05, 3.63) is 42.2 Å². The Labute approximate surface area is 221 Å². The third kappa shape index (κ3) is 6.62. The highest BCUT2D eigenvalue weighted by atomic mass is 32.2. The number of aromatic nitrogens is 2. The van der Waals surface area contributed by atoms with Crippen molar-refractivity contribution in [1.82, 2.24) is 14.9 Å². The number of carboxylic acids is 1. The number of benzene rings is 1. The quantitative estimate of drug-likeness (QED) is 0.194. The zero-order valence-corrected chi connectivity index (χ0v) is 22.9. The minimum Gasteiger partial charge on any atom is -0.480 e. The van der Waals surface area contributed by atoms with Crippen LogP contribution < -0.4 is 5.32 Å². The molecule has 0 radical (unpaired) electrons. The lowest BCUT2D eigenvalue weighted by atomic mass is 9.86.